The number of hydrogen-bond acceptors (Lipinski definition) is 8. The van der Waals surface area contributed by atoms with E-state index in [9.17, 15) is 14.4 Å². The third-order valence-corrected chi connectivity index (χ3v) is 5.49. The number of aromatic nitrogens is 2. The SMILES string of the molecule is Cc1cc(CSc2ncccc2C(=O)OCCN2C(=O)c3ccccc3C2=O)no1. The third kappa shape index (κ3) is 3.97. The second kappa shape index (κ2) is 8.50. The molecule has 0 bridgehead atoms. The van der Waals surface area contributed by atoms with E-state index in [4.69, 9.17) is 9.26 Å². The molecule has 0 saturated heterocycles. The van der Waals surface area contributed by atoms with E-state index in [1.54, 1.807) is 49.5 Å². The average Bonchev–Trinajstić information content (AvgIpc) is 3.29. The molecule has 8 nitrogen and oxygen atoms in total. The molecule has 0 N–H and O–H groups in total. The summed E-state index contributed by atoms with van der Waals surface area (Å²) in [6, 6.07) is 11.7. The van der Waals surface area contributed by atoms with Crippen molar-refractivity contribution in [3.8, 4) is 0 Å². The molecular formula is C21H17N3O5S. The lowest BCUT2D eigenvalue weighted by Crippen LogP contribution is -2.33. The maximum absolute atomic E-state index is 12.5. The summed E-state index contributed by atoms with van der Waals surface area (Å²) >= 11 is 1.34. The molecule has 2 amide bonds. The van der Waals surface area contributed by atoms with Crippen LogP contribution in [0, 0.1) is 6.92 Å². The molecule has 0 aliphatic carbocycles. The van der Waals surface area contributed by atoms with Crippen molar-refractivity contribution in [2.45, 2.75) is 17.7 Å². The lowest BCUT2D eigenvalue weighted by Gasteiger charge is -2.14. The van der Waals surface area contributed by atoms with Gasteiger partial charge in [-0.2, -0.15) is 0 Å². The van der Waals surface area contributed by atoms with Crippen molar-refractivity contribution in [3.05, 3.63) is 76.8 Å². The Bertz CT molecular complexity index is 1090. The smallest absolute Gasteiger partial charge is 0.340 e. The topological polar surface area (TPSA) is 103 Å². The average molecular weight is 423 g/mol. The number of fused-ring (bicyclic) bond motifs is 1. The molecule has 0 fully saturated rings. The van der Waals surface area contributed by atoms with Gasteiger partial charge in [-0.05, 0) is 31.2 Å². The van der Waals surface area contributed by atoms with Crippen LogP contribution in [0.15, 0.2) is 58.2 Å². The molecule has 1 aromatic carbocycles. The quantitative estimate of drug-likeness (QED) is 0.324. The summed E-state index contributed by atoms with van der Waals surface area (Å²) in [5.41, 5.74) is 1.78. The van der Waals surface area contributed by atoms with Crippen molar-refractivity contribution in [3.63, 3.8) is 0 Å². The summed E-state index contributed by atoms with van der Waals surface area (Å²) < 4.78 is 10.3. The van der Waals surface area contributed by atoms with Crippen molar-refractivity contribution < 1.29 is 23.6 Å². The minimum Gasteiger partial charge on any atom is -0.460 e. The largest absolute Gasteiger partial charge is 0.460 e. The second-order valence-electron chi connectivity index (χ2n) is 6.52. The Morgan fingerprint density at radius 2 is 1.87 bits per heavy atom. The molecule has 0 unspecified atom stereocenters. The molecule has 3 heterocycles. The van der Waals surface area contributed by atoms with Gasteiger partial charge in [0.1, 0.15) is 17.4 Å². The van der Waals surface area contributed by atoms with Crippen LogP contribution in [-0.4, -0.2) is 46.0 Å². The predicted molar refractivity (Wildman–Crippen MR) is 107 cm³/mol. The van der Waals surface area contributed by atoms with E-state index in [0.29, 0.717) is 33.2 Å². The highest BCUT2D eigenvalue weighted by molar-refractivity contribution is 7.98. The number of carbonyl (C=O) groups excluding carboxylic acids is 3. The lowest BCUT2D eigenvalue weighted by molar-refractivity contribution is 0.0416. The van der Waals surface area contributed by atoms with Crippen LogP contribution in [0.4, 0.5) is 0 Å². The van der Waals surface area contributed by atoms with Gasteiger partial charge in [0.25, 0.3) is 11.8 Å². The van der Waals surface area contributed by atoms with Gasteiger partial charge in [0, 0.05) is 18.0 Å². The van der Waals surface area contributed by atoms with Gasteiger partial charge in [-0.25, -0.2) is 9.78 Å². The van der Waals surface area contributed by atoms with E-state index >= 15 is 0 Å². The Morgan fingerprint density at radius 3 is 2.53 bits per heavy atom. The summed E-state index contributed by atoms with van der Waals surface area (Å²) in [5.74, 6) is -0.138. The van der Waals surface area contributed by atoms with E-state index in [1.165, 1.54) is 11.8 Å². The number of imide groups is 1. The molecule has 30 heavy (non-hydrogen) atoms. The van der Waals surface area contributed by atoms with E-state index in [2.05, 4.69) is 10.1 Å². The molecule has 2 aromatic heterocycles. The number of esters is 1. The molecule has 0 spiro atoms. The van der Waals surface area contributed by atoms with Crippen LogP contribution in [0.5, 0.6) is 0 Å². The summed E-state index contributed by atoms with van der Waals surface area (Å²) in [6.45, 7) is 1.68. The highest BCUT2D eigenvalue weighted by atomic mass is 32.2. The van der Waals surface area contributed by atoms with Crippen molar-refractivity contribution in [1.82, 2.24) is 15.0 Å². The number of benzene rings is 1. The number of thioether (sulfide) groups is 1. The Kier molecular flexibility index (Phi) is 5.62. The minimum atomic E-state index is -0.571. The van der Waals surface area contributed by atoms with Gasteiger partial charge in [0.15, 0.2) is 0 Å². The molecule has 4 rings (SSSR count). The first-order chi connectivity index (χ1) is 14.5. The monoisotopic (exact) mass is 423 g/mol. The lowest BCUT2D eigenvalue weighted by atomic mass is 10.1. The fourth-order valence-corrected chi connectivity index (χ4v) is 3.90. The molecule has 0 radical (unpaired) electrons. The third-order valence-electron chi connectivity index (χ3n) is 4.45. The van der Waals surface area contributed by atoms with Gasteiger partial charge in [-0.15, -0.1) is 0 Å². The Balaban J connectivity index is 1.36. The number of nitrogens with zero attached hydrogens (tertiary/aromatic N) is 3. The first-order valence-electron chi connectivity index (χ1n) is 9.17. The van der Waals surface area contributed by atoms with Gasteiger partial charge in [0.05, 0.1) is 28.9 Å². The number of amides is 2. The zero-order valence-electron chi connectivity index (χ0n) is 16.0. The molecule has 1 aliphatic heterocycles. The highest BCUT2D eigenvalue weighted by Crippen LogP contribution is 2.25. The van der Waals surface area contributed by atoms with Crippen LogP contribution in [0.1, 0.15) is 42.5 Å². The first kappa shape index (κ1) is 19.8. The summed E-state index contributed by atoms with van der Waals surface area (Å²) in [4.78, 5) is 42.6. The molecule has 1 aliphatic rings. The number of pyridine rings is 1. The van der Waals surface area contributed by atoms with Crippen LogP contribution in [0.2, 0.25) is 0 Å². The van der Waals surface area contributed by atoms with E-state index in [1.807, 2.05) is 6.07 Å². The second-order valence-corrected chi connectivity index (χ2v) is 7.48. The minimum absolute atomic E-state index is 0.0148. The standard InChI is InChI=1S/C21H17N3O5S/c1-13-11-14(23-29-13)12-30-18-17(7-4-8-22-18)21(27)28-10-9-24-19(25)15-5-2-3-6-16(15)20(24)26/h2-8,11H,9-10,12H2,1H3. The molecule has 0 atom stereocenters. The molecule has 0 saturated carbocycles. The first-order valence-corrected chi connectivity index (χ1v) is 10.2. The van der Waals surface area contributed by atoms with Crippen LogP contribution in [-0.2, 0) is 10.5 Å². The zero-order valence-corrected chi connectivity index (χ0v) is 16.8. The number of rotatable bonds is 7. The van der Waals surface area contributed by atoms with Crippen LogP contribution in [0.25, 0.3) is 0 Å². The zero-order chi connectivity index (χ0) is 21.1. The highest BCUT2D eigenvalue weighted by Gasteiger charge is 2.34. The fourth-order valence-electron chi connectivity index (χ4n) is 3.04. The molecule has 9 heteroatoms. The summed E-state index contributed by atoms with van der Waals surface area (Å²) in [7, 11) is 0. The predicted octanol–water partition coefficient (Wildman–Crippen LogP) is 3.12. The van der Waals surface area contributed by atoms with Gasteiger partial charge in [0.2, 0.25) is 0 Å². The van der Waals surface area contributed by atoms with E-state index < -0.39 is 5.97 Å². The van der Waals surface area contributed by atoms with Crippen LogP contribution < -0.4 is 0 Å². The maximum atomic E-state index is 12.5. The van der Waals surface area contributed by atoms with Crippen molar-refractivity contribution in [1.29, 1.82) is 0 Å². The van der Waals surface area contributed by atoms with Crippen LogP contribution in [0.3, 0.4) is 0 Å². The number of hydrogen-bond donors (Lipinski definition) is 0. The number of aryl methyl sites for hydroxylation is 1. The van der Waals surface area contributed by atoms with Crippen LogP contribution >= 0.6 is 11.8 Å². The van der Waals surface area contributed by atoms with Crippen molar-refractivity contribution in [2.75, 3.05) is 13.2 Å². The Hall–Kier alpha value is -3.46. The Labute approximate surface area is 176 Å². The Morgan fingerprint density at radius 1 is 1.13 bits per heavy atom. The molecule has 152 valence electrons. The summed E-state index contributed by atoms with van der Waals surface area (Å²) in [6.07, 6.45) is 1.59. The maximum Gasteiger partial charge on any atom is 0.340 e. The van der Waals surface area contributed by atoms with Gasteiger partial charge >= 0.3 is 5.97 Å². The van der Waals surface area contributed by atoms with E-state index in [-0.39, 0.29) is 25.0 Å². The van der Waals surface area contributed by atoms with Crippen molar-refractivity contribution >= 4 is 29.5 Å². The number of ether oxygens (including phenoxy) is 1. The fraction of sp³-hybridized carbons (Fsp3) is 0.190. The number of carbonyl (C=O) groups is 3. The summed E-state index contributed by atoms with van der Waals surface area (Å²) in [5, 5.41) is 4.42. The molecular weight excluding hydrogens is 406 g/mol. The van der Waals surface area contributed by atoms with Gasteiger partial charge in [-0.1, -0.05) is 29.1 Å². The van der Waals surface area contributed by atoms with E-state index in [0.717, 1.165) is 10.6 Å². The van der Waals surface area contributed by atoms with Gasteiger partial charge in [-0.3, -0.25) is 14.5 Å². The van der Waals surface area contributed by atoms with Crippen molar-refractivity contribution in [2.24, 2.45) is 0 Å². The van der Waals surface area contributed by atoms with Gasteiger partial charge < -0.3 is 9.26 Å². The molecule has 3 aromatic rings. The normalized spacial score (nSPS) is 12.9.